The summed E-state index contributed by atoms with van der Waals surface area (Å²) in [6.07, 6.45) is 3.95. The van der Waals surface area contributed by atoms with Gasteiger partial charge in [0.1, 0.15) is 5.75 Å². The smallest absolute Gasteiger partial charge is 0.277 e. The van der Waals surface area contributed by atoms with E-state index in [2.05, 4.69) is 17.1 Å². The monoisotopic (exact) mass is 361 g/mol. The van der Waals surface area contributed by atoms with Gasteiger partial charge in [-0.3, -0.25) is 4.79 Å². The van der Waals surface area contributed by atoms with Gasteiger partial charge in [0.2, 0.25) is 11.8 Å². The van der Waals surface area contributed by atoms with Crippen molar-refractivity contribution in [2.45, 2.75) is 43.9 Å². The highest BCUT2D eigenvalue weighted by atomic mass is 32.2. The average Bonchev–Trinajstić information content (AvgIpc) is 3.08. The van der Waals surface area contributed by atoms with E-state index >= 15 is 0 Å². The molecule has 2 aromatic rings. The van der Waals surface area contributed by atoms with Crippen molar-refractivity contribution in [2.24, 2.45) is 0 Å². The number of rotatable bonds is 6. The van der Waals surface area contributed by atoms with Crippen LogP contribution in [-0.4, -0.2) is 46.5 Å². The maximum Gasteiger partial charge on any atom is 0.277 e. The highest BCUT2D eigenvalue weighted by molar-refractivity contribution is 7.99. The van der Waals surface area contributed by atoms with Gasteiger partial charge in [-0.15, -0.1) is 10.2 Å². The van der Waals surface area contributed by atoms with Crippen molar-refractivity contribution in [2.75, 3.05) is 19.4 Å². The Labute approximate surface area is 151 Å². The SMILES string of the molecule is COc1ccc(Cc2nnc(SCC(=O)N3CCCCC3C)o2)cc1. The number of methoxy groups -OCH3 is 1. The molecule has 1 amide bonds. The van der Waals surface area contributed by atoms with Gasteiger partial charge in [0.15, 0.2) is 0 Å². The van der Waals surface area contributed by atoms with E-state index in [0.29, 0.717) is 29.3 Å². The summed E-state index contributed by atoms with van der Waals surface area (Å²) in [7, 11) is 1.64. The first-order valence-electron chi connectivity index (χ1n) is 8.53. The van der Waals surface area contributed by atoms with E-state index in [-0.39, 0.29) is 5.91 Å². The van der Waals surface area contributed by atoms with Crippen molar-refractivity contribution in [3.63, 3.8) is 0 Å². The van der Waals surface area contributed by atoms with Crippen LogP contribution in [0.25, 0.3) is 0 Å². The number of carbonyl (C=O) groups excluding carboxylic acids is 1. The first kappa shape index (κ1) is 17.8. The minimum atomic E-state index is 0.145. The van der Waals surface area contributed by atoms with Gasteiger partial charge in [0, 0.05) is 12.6 Å². The van der Waals surface area contributed by atoms with Gasteiger partial charge >= 0.3 is 0 Å². The van der Waals surface area contributed by atoms with Crippen LogP contribution in [0.3, 0.4) is 0 Å². The van der Waals surface area contributed by atoms with Crippen LogP contribution in [0.15, 0.2) is 33.9 Å². The molecule has 25 heavy (non-hydrogen) atoms. The van der Waals surface area contributed by atoms with Crippen molar-refractivity contribution in [1.82, 2.24) is 15.1 Å². The molecule has 1 aromatic carbocycles. The van der Waals surface area contributed by atoms with E-state index in [9.17, 15) is 4.79 Å². The molecule has 1 atom stereocenters. The fourth-order valence-corrected chi connectivity index (χ4v) is 3.63. The molecule has 0 aliphatic carbocycles. The van der Waals surface area contributed by atoms with Crippen LogP contribution in [-0.2, 0) is 11.2 Å². The van der Waals surface area contributed by atoms with Crippen LogP contribution in [0.5, 0.6) is 5.75 Å². The number of likely N-dealkylation sites (tertiary alicyclic amines) is 1. The largest absolute Gasteiger partial charge is 0.497 e. The number of piperidine rings is 1. The van der Waals surface area contributed by atoms with E-state index in [0.717, 1.165) is 30.7 Å². The van der Waals surface area contributed by atoms with Crippen LogP contribution in [0.1, 0.15) is 37.6 Å². The Morgan fingerprint density at radius 3 is 2.84 bits per heavy atom. The predicted octanol–water partition coefficient (Wildman–Crippen LogP) is 3.16. The molecule has 1 aromatic heterocycles. The van der Waals surface area contributed by atoms with E-state index < -0.39 is 0 Å². The number of amides is 1. The topological polar surface area (TPSA) is 68.5 Å². The summed E-state index contributed by atoms with van der Waals surface area (Å²) in [5, 5.41) is 8.54. The van der Waals surface area contributed by atoms with Crippen molar-refractivity contribution >= 4 is 17.7 Å². The van der Waals surface area contributed by atoms with E-state index in [1.54, 1.807) is 7.11 Å². The van der Waals surface area contributed by atoms with E-state index in [1.807, 2.05) is 29.2 Å². The molecule has 134 valence electrons. The fraction of sp³-hybridized carbons (Fsp3) is 0.500. The lowest BCUT2D eigenvalue weighted by molar-refractivity contribution is -0.131. The molecule has 2 heterocycles. The third-order valence-corrected chi connectivity index (χ3v) is 5.21. The number of ether oxygens (including phenoxy) is 1. The number of thioether (sulfide) groups is 1. The minimum absolute atomic E-state index is 0.145. The number of nitrogens with zero attached hydrogens (tertiary/aromatic N) is 3. The summed E-state index contributed by atoms with van der Waals surface area (Å²) in [4.78, 5) is 14.3. The Balaban J connectivity index is 1.51. The van der Waals surface area contributed by atoms with E-state index in [4.69, 9.17) is 9.15 Å². The maximum absolute atomic E-state index is 12.3. The normalized spacial score (nSPS) is 17.5. The van der Waals surface area contributed by atoms with Gasteiger partial charge in [-0.05, 0) is 43.9 Å². The molecular weight excluding hydrogens is 338 g/mol. The number of hydrogen-bond acceptors (Lipinski definition) is 6. The molecular formula is C18H23N3O3S. The Bertz CT molecular complexity index is 702. The van der Waals surface area contributed by atoms with Crippen molar-refractivity contribution in [1.29, 1.82) is 0 Å². The molecule has 1 unspecified atom stereocenters. The lowest BCUT2D eigenvalue weighted by atomic mass is 10.0. The second kappa shape index (κ2) is 8.38. The van der Waals surface area contributed by atoms with Gasteiger partial charge in [-0.25, -0.2) is 0 Å². The highest BCUT2D eigenvalue weighted by Crippen LogP contribution is 2.22. The summed E-state index contributed by atoms with van der Waals surface area (Å²) < 4.78 is 10.8. The van der Waals surface area contributed by atoms with Gasteiger partial charge in [-0.2, -0.15) is 0 Å². The molecule has 1 fully saturated rings. The maximum atomic E-state index is 12.3. The molecule has 0 radical (unpaired) electrons. The minimum Gasteiger partial charge on any atom is -0.497 e. The molecule has 3 rings (SSSR count). The standard InChI is InChI=1S/C18H23N3O3S/c1-13-5-3-4-10-21(13)17(22)12-25-18-20-19-16(24-18)11-14-6-8-15(23-2)9-7-14/h6-9,13H,3-5,10-12H2,1-2H3. The lowest BCUT2D eigenvalue weighted by Crippen LogP contribution is -2.42. The Morgan fingerprint density at radius 1 is 1.32 bits per heavy atom. The molecule has 0 N–H and O–H groups in total. The molecule has 1 saturated heterocycles. The summed E-state index contributed by atoms with van der Waals surface area (Å²) >= 11 is 1.31. The zero-order valence-electron chi connectivity index (χ0n) is 14.6. The van der Waals surface area contributed by atoms with Gasteiger partial charge < -0.3 is 14.1 Å². The average molecular weight is 361 g/mol. The quantitative estimate of drug-likeness (QED) is 0.736. The molecule has 0 spiro atoms. The number of aromatic nitrogens is 2. The number of carbonyl (C=O) groups is 1. The van der Waals surface area contributed by atoms with Gasteiger partial charge in [0.25, 0.3) is 5.22 Å². The first-order valence-corrected chi connectivity index (χ1v) is 9.52. The van der Waals surface area contributed by atoms with Crippen LogP contribution in [0, 0.1) is 0 Å². The van der Waals surface area contributed by atoms with Crippen LogP contribution < -0.4 is 4.74 Å². The zero-order chi connectivity index (χ0) is 17.6. The van der Waals surface area contributed by atoms with Crippen LogP contribution in [0.2, 0.25) is 0 Å². The third-order valence-electron chi connectivity index (χ3n) is 4.41. The second-order valence-electron chi connectivity index (χ2n) is 6.21. The summed E-state index contributed by atoms with van der Waals surface area (Å²) in [6, 6.07) is 8.07. The highest BCUT2D eigenvalue weighted by Gasteiger charge is 2.23. The van der Waals surface area contributed by atoms with Gasteiger partial charge in [-0.1, -0.05) is 23.9 Å². The Hall–Kier alpha value is -2.02. The van der Waals surface area contributed by atoms with Crippen molar-refractivity contribution in [3.05, 3.63) is 35.7 Å². The third kappa shape index (κ3) is 4.75. The Kier molecular flexibility index (Phi) is 5.96. The molecule has 1 aliphatic heterocycles. The molecule has 1 aliphatic rings. The first-order chi connectivity index (χ1) is 12.2. The Morgan fingerprint density at radius 2 is 2.12 bits per heavy atom. The summed E-state index contributed by atoms with van der Waals surface area (Å²) in [6.45, 7) is 2.97. The lowest BCUT2D eigenvalue weighted by Gasteiger charge is -2.33. The number of hydrogen-bond donors (Lipinski definition) is 0. The molecule has 0 saturated carbocycles. The molecule has 7 heteroatoms. The van der Waals surface area contributed by atoms with E-state index in [1.165, 1.54) is 18.2 Å². The van der Waals surface area contributed by atoms with Crippen LogP contribution >= 0.6 is 11.8 Å². The second-order valence-corrected chi connectivity index (χ2v) is 7.13. The molecule has 6 nitrogen and oxygen atoms in total. The number of benzene rings is 1. The molecule has 0 bridgehead atoms. The van der Waals surface area contributed by atoms with Crippen LogP contribution in [0.4, 0.5) is 0 Å². The van der Waals surface area contributed by atoms with Crippen molar-refractivity contribution < 1.29 is 13.9 Å². The van der Waals surface area contributed by atoms with Gasteiger partial charge in [0.05, 0.1) is 19.3 Å². The summed E-state index contributed by atoms with van der Waals surface area (Å²) in [5.74, 6) is 1.85. The fourth-order valence-electron chi connectivity index (χ4n) is 2.96. The predicted molar refractivity (Wildman–Crippen MR) is 95.8 cm³/mol. The zero-order valence-corrected chi connectivity index (χ0v) is 15.4. The summed E-state index contributed by atoms with van der Waals surface area (Å²) in [5.41, 5.74) is 1.07. The van der Waals surface area contributed by atoms with Crippen molar-refractivity contribution in [3.8, 4) is 5.75 Å².